The lowest BCUT2D eigenvalue weighted by Crippen LogP contribution is -2.40. The summed E-state index contributed by atoms with van der Waals surface area (Å²) in [4.78, 5) is 23.0. The van der Waals surface area contributed by atoms with Crippen LogP contribution in [0.1, 0.15) is 12.0 Å². The van der Waals surface area contributed by atoms with Crippen LogP contribution in [0.3, 0.4) is 0 Å². The Balaban J connectivity index is 2.33. The van der Waals surface area contributed by atoms with Crippen molar-refractivity contribution >= 4 is 22.1 Å². The van der Waals surface area contributed by atoms with Crippen LogP contribution in [0.5, 0.6) is 0 Å². The molecule has 0 radical (unpaired) electrons. The number of nitrogens with zero attached hydrogens (tertiary/aromatic N) is 1. The van der Waals surface area contributed by atoms with Crippen molar-refractivity contribution in [2.75, 3.05) is 13.7 Å². The van der Waals surface area contributed by atoms with Crippen molar-refractivity contribution in [1.82, 2.24) is 4.31 Å². The van der Waals surface area contributed by atoms with Crippen LogP contribution in [0.4, 0.5) is 4.79 Å². The quantitative estimate of drug-likeness (QED) is 0.772. The largest absolute Gasteiger partial charge is 0.469 e. The number of carbonyl (C=O) groups excluding carboxylic acids is 2. The fourth-order valence-electron chi connectivity index (χ4n) is 1.98. The van der Waals surface area contributed by atoms with Gasteiger partial charge in [0.2, 0.25) is 0 Å². The maximum absolute atomic E-state index is 12.5. The van der Waals surface area contributed by atoms with Gasteiger partial charge in [-0.2, -0.15) is 4.31 Å². The van der Waals surface area contributed by atoms with Crippen molar-refractivity contribution in [3.8, 4) is 0 Å². The molecule has 2 rings (SSSR count). The number of ether oxygens (including phenoxy) is 2. The third kappa shape index (κ3) is 2.99. The topological polar surface area (TPSA) is 90.0 Å². The minimum atomic E-state index is -4.06. The van der Waals surface area contributed by atoms with Crippen LogP contribution in [-0.2, 0) is 24.3 Å². The molecule has 0 aliphatic carbocycles. The fourth-order valence-corrected chi connectivity index (χ4v) is 3.47. The summed E-state index contributed by atoms with van der Waals surface area (Å²) in [5, 5.41) is 0. The molecule has 0 N–H and O–H groups in total. The molecule has 0 spiro atoms. The van der Waals surface area contributed by atoms with Crippen LogP contribution in [-0.4, -0.2) is 44.5 Å². The van der Waals surface area contributed by atoms with Crippen molar-refractivity contribution in [1.29, 1.82) is 0 Å². The molecule has 1 heterocycles. The number of hydrogen-bond donors (Lipinski definition) is 0. The predicted octanol–water partition coefficient (Wildman–Crippen LogP) is 1.07. The number of aryl methyl sites for hydroxylation is 1. The molecule has 1 aliphatic rings. The van der Waals surface area contributed by atoms with E-state index in [-0.39, 0.29) is 17.9 Å². The smallest absolute Gasteiger partial charge is 0.424 e. The van der Waals surface area contributed by atoms with Gasteiger partial charge >= 0.3 is 12.1 Å². The summed E-state index contributed by atoms with van der Waals surface area (Å²) in [5.74, 6) is -0.609. The highest BCUT2D eigenvalue weighted by atomic mass is 32.2. The van der Waals surface area contributed by atoms with Gasteiger partial charge in [-0.1, -0.05) is 17.7 Å². The van der Waals surface area contributed by atoms with E-state index in [1.165, 1.54) is 19.2 Å². The first-order valence-electron chi connectivity index (χ1n) is 6.21. The number of hydrogen-bond acceptors (Lipinski definition) is 6. The SMILES string of the molecule is COC(=O)CC1COC(=O)N1S(=O)(=O)c1ccc(C)cc1. The van der Waals surface area contributed by atoms with E-state index in [9.17, 15) is 18.0 Å². The van der Waals surface area contributed by atoms with Gasteiger partial charge in [0.15, 0.2) is 0 Å². The third-order valence-corrected chi connectivity index (χ3v) is 4.95. The second kappa shape index (κ2) is 5.72. The number of sulfonamides is 1. The molecule has 114 valence electrons. The van der Waals surface area contributed by atoms with Gasteiger partial charge in [0.25, 0.3) is 10.0 Å². The standard InChI is InChI=1S/C13H15NO6S/c1-9-3-5-11(6-4-9)21(17,18)14-10(7-12(15)19-2)8-20-13(14)16/h3-6,10H,7-8H2,1-2H3. The van der Waals surface area contributed by atoms with E-state index in [0.29, 0.717) is 4.31 Å². The van der Waals surface area contributed by atoms with E-state index in [1.807, 2.05) is 6.92 Å². The van der Waals surface area contributed by atoms with Crippen molar-refractivity contribution in [2.24, 2.45) is 0 Å². The number of methoxy groups -OCH3 is 1. The molecule has 1 atom stereocenters. The lowest BCUT2D eigenvalue weighted by Gasteiger charge is -2.20. The molecular weight excluding hydrogens is 298 g/mol. The van der Waals surface area contributed by atoms with Gasteiger partial charge in [-0.3, -0.25) is 4.79 Å². The lowest BCUT2D eigenvalue weighted by molar-refractivity contribution is -0.141. The summed E-state index contributed by atoms with van der Waals surface area (Å²) in [6, 6.07) is 5.18. The average molecular weight is 313 g/mol. The van der Waals surface area contributed by atoms with Crippen LogP contribution in [0, 0.1) is 6.92 Å². The van der Waals surface area contributed by atoms with E-state index in [2.05, 4.69) is 4.74 Å². The summed E-state index contributed by atoms with van der Waals surface area (Å²) < 4.78 is 34.9. The van der Waals surface area contributed by atoms with Crippen molar-refractivity contribution in [3.63, 3.8) is 0 Å². The zero-order valence-corrected chi connectivity index (χ0v) is 12.4. The number of carbonyl (C=O) groups is 2. The Bertz CT molecular complexity index is 652. The molecule has 1 saturated heterocycles. The maximum Gasteiger partial charge on any atom is 0.424 e. The van der Waals surface area contributed by atoms with Gasteiger partial charge in [0.1, 0.15) is 6.61 Å². The second-order valence-corrected chi connectivity index (χ2v) is 6.44. The molecule has 0 aromatic heterocycles. The van der Waals surface area contributed by atoms with Crippen LogP contribution >= 0.6 is 0 Å². The summed E-state index contributed by atoms with van der Waals surface area (Å²) in [6.07, 6.45) is -1.22. The second-order valence-electron chi connectivity index (χ2n) is 4.62. The summed E-state index contributed by atoms with van der Waals surface area (Å²) in [6.45, 7) is 1.65. The molecule has 1 aromatic rings. The molecule has 1 aliphatic heterocycles. The molecule has 1 amide bonds. The van der Waals surface area contributed by atoms with Gasteiger partial charge in [-0.15, -0.1) is 0 Å². The Hall–Kier alpha value is -2.09. The highest BCUT2D eigenvalue weighted by molar-refractivity contribution is 7.89. The van der Waals surface area contributed by atoms with Crippen LogP contribution in [0.25, 0.3) is 0 Å². The Morgan fingerprint density at radius 2 is 2.00 bits per heavy atom. The third-order valence-electron chi connectivity index (χ3n) is 3.12. The number of cyclic esters (lactones) is 1. The van der Waals surface area contributed by atoms with Crippen molar-refractivity contribution < 1.29 is 27.5 Å². The first kappa shape index (κ1) is 15.3. The molecule has 1 unspecified atom stereocenters. The zero-order chi connectivity index (χ0) is 15.6. The first-order chi connectivity index (χ1) is 9.86. The van der Waals surface area contributed by atoms with Crippen LogP contribution in [0.2, 0.25) is 0 Å². The van der Waals surface area contributed by atoms with Gasteiger partial charge in [0.05, 0.1) is 24.5 Å². The monoisotopic (exact) mass is 313 g/mol. The molecule has 21 heavy (non-hydrogen) atoms. The minimum Gasteiger partial charge on any atom is -0.469 e. The molecular formula is C13H15NO6S. The highest BCUT2D eigenvalue weighted by Gasteiger charge is 2.43. The van der Waals surface area contributed by atoms with Crippen molar-refractivity contribution in [3.05, 3.63) is 29.8 Å². The Labute approximate surface area is 122 Å². The normalized spacial score (nSPS) is 18.5. The summed E-state index contributed by atoms with van der Waals surface area (Å²) in [5.41, 5.74) is 0.893. The van der Waals surface area contributed by atoms with Gasteiger partial charge < -0.3 is 9.47 Å². The Morgan fingerprint density at radius 1 is 1.38 bits per heavy atom. The Kier molecular flexibility index (Phi) is 4.17. The molecule has 0 bridgehead atoms. The van der Waals surface area contributed by atoms with Gasteiger partial charge in [-0.25, -0.2) is 13.2 Å². The Morgan fingerprint density at radius 3 is 2.57 bits per heavy atom. The summed E-state index contributed by atoms with van der Waals surface area (Å²) in [7, 11) is -2.86. The van der Waals surface area contributed by atoms with E-state index in [4.69, 9.17) is 4.74 Å². The van der Waals surface area contributed by atoms with Crippen molar-refractivity contribution in [2.45, 2.75) is 24.3 Å². The van der Waals surface area contributed by atoms with E-state index in [0.717, 1.165) is 5.56 Å². The number of esters is 1. The zero-order valence-electron chi connectivity index (χ0n) is 11.6. The minimum absolute atomic E-state index is 0.0261. The van der Waals surface area contributed by atoms with Crippen LogP contribution in [0.15, 0.2) is 29.2 Å². The molecule has 1 aromatic carbocycles. The average Bonchev–Trinajstić information content (AvgIpc) is 2.80. The molecule has 1 fully saturated rings. The van der Waals surface area contributed by atoms with Gasteiger partial charge in [-0.05, 0) is 19.1 Å². The summed E-state index contributed by atoms with van der Waals surface area (Å²) >= 11 is 0. The molecule has 0 saturated carbocycles. The van der Waals surface area contributed by atoms with E-state index >= 15 is 0 Å². The highest BCUT2D eigenvalue weighted by Crippen LogP contribution is 2.25. The number of benzene rings is 1. The number of amides is 1. The fraction of sp³-hybridized carbons (Fsp3) is 0.385. The molecule has 8 heteroatoms. The predicted molar refractivity (Wildman–Crippen MR) is 72.0 cm³/mol. The van der Waals surface area contributed by atoms with Crippen LogP contribution < -0.4 is 0 Å². The van der Waals surface area contributed by atoms with Gasteiger partial charge in [0, 0.05) is 0 Å². The van der Waals surface area contributed by atoms with E-state index in [1.54, 1.807) is 12.1 Å². The number of rotatable bonds is 4. The lowest BCUT2D eigenvalue weighted by atomic mass is 10.2. The van der Waals surface area contributed by atoms with E-state index < -0.39 is 28.1 Å². The molecule has 7 nitrogen and oxygen atoms in total. The maximum atomic E-state index is 12.5. The first-order valence-corrected chi connectivity index (χ1v) is 7.65.